The Kier molecular flexibility index (Phi) is 9.22. The molecule has 0 aromatic heterocycles. The molecule has 11 heteroatoms. The smallest absolute Gasteiger partial charge is 0.337 e. The number of nitriles is 1. The van der Waals surface area contributed by atoms with E-state index in [9.17, 15) is 23.3 Å². The minimum atomic E-state index is -4.28. The van der Waals surface area contributed by atoms with Gasteiger partial charge in [-0.2, -0.15) is 13.7 Å². The van der Waals surface area contributed by atoms with Crippen molar-refractivity contribution in [2.24, 2.45) is 0 Å². The minimum Gasteiger partial charge on any atom is -0.465 e. The molecule has 0 saturated heterocycles. The third kappa shape index (κ3) is 6.78. The van der Waals surface area contributed by atoms with Gasteiger partial charge in [0, 0.05) is 12.8 Å². The molecule has 35 heavy (non-hydrogen) atoms. The second kappa shape index (κ2) is 11.9. The molecule has 3 rings (SSSR count). The molecule has 3 aromatic carbocycles. The van der Waals surface area contributed by atoms with Gasteiger partial charge in [-0.3, -0.25) is 8.98 Å². The van der Waals surface area contributed by atoms with Crippen molar-refractivity contribution in [2.45, 2.75) is 11.4 Å². The van der Waals surface area contributed by atoms with E-state index in [1.54, 1.807) is 24.3 Å². The summed E-state index contributed by atoms with van der Waals surface area (Å²) >= 11 is 4.38. The van der Waals surface area contributed by atoms with E-state index in [-0.39, 0.29) is 17.0 Å². The molecular formula is C24H18I2N2O6S. The van der Waals surface area contributed by atoms with E-state index in [1.807, 2.05) is 24.3 Å². The fourth-order valence-corrected chi connectivity index (χ4v) is 5.00. The fraction of sp³-hybridized carbons (Fsp3) is 0.125. The molecule has 180 valence electrons. The van der Waals surface area contributed by atoms with Gasteiger partial charge in [-0.1, -0.05) is 18.2 Å². The number of hydrogen-bond donors (Lipinski definition) is 0. The van der Waals surface area contributed by atoms with Crippen molar-refractivity contribution in [2.75, 3.05) is 18.6 Å². The van der Waals surface area contributed by atoms with E-state index in [0.29, 0.717) is 11.3 Å². The maximum absolute atomic E-state index is 13.2. The van der Waals surface area contributed by atoms with E-state index < -0.39 is 28.6 Å². The SMILES string of the molecule is COC(=O)c1ccc(S(=O)(=O)OCC(=O)N(Cc2cccc(I)c2I)c2cccc(C#N)c2)cc1. The Labute approximate surface area is 230 Å². The number of amides is 1. The minimum absolute atomic E-state index is 0.153. The first-order chi connectivity index (χ1) is 16.7. The number of esters is 1. The van der Waals surface area contributed by atoms with E-state index >= 15 is 0 Å². The molecule has 8 nitrogen and oxygen atoms in total. The molecule has 0 atom stereocenters. The number of carbonyl (C=O) groups excluding carboxylic acids is 2. The van der Waals surface area contributed by atoms with Crippen molar-refractivity contribution in [3.05, 3.63) is 90.6 Å². The van der Waals surface area contributed by atoms with Gasteiger partial charge in [0.15, 0.2) is 0 Å². The highest BCUT2D eigenvalue weighted by atomic mass is 127. The fourth-order valence-electron chi connectivity index (χ4n) is 3.06. The summed E-state index contributed by atoms with van der Waals surface area (Å²) < 4.78 is 36.9. The molecule has 0 aliphatic carbocycles. The second-order valence-electron chi connectivity index (χ2n) is 7.09. The van der Waals surface area contributed by atoms with Crippen molar-refractivity contribution in [1.82, 2.24) is 0 Å². The first-order valence-corrected chi connectivity index (χ1v) is 13.5. The second-order valence-corrected chi connectivity index (χ2v) is 10.9. The zero-order chi connectivity index (χ0) is 25.6. The number of ether oxygens (including phenoxy) is 1. The molecule has 0 N–H and O–H groups in total. The number of rotatable bonds is 8. The molecule has 0 aliphatic rings. The molecule has 0 aliphatic heterocycles. The van der Waals surface area contributed by atoms with Crippen LogP contribution in [0, 0.1) is 18.5 Å². The normalized spacial score (nSPS) is 10.9. The van der Waals surface area contributed by atoms with Crippen LogP contribution in [0.3, 0.4) is 0 Å². The Morgan fingerprint density at radius 1 is 1.03 bits per heavy atom. The first-order valence-electron chi connectivity index (χ1n) is 9.97. The van der Waals surface area contributed by atoms with Crippen LogP contribution in [0.1, 0.15) is 21.5 Å². The Balaban J connectivity index is 1.85. The van der Waals surface area contributed by atoms with Crippen LogP contribution in [0.15, 0.2) is 71.6 Å². The van der Waals surface area contributed by atoms with Crippen molar-refractivity contribution < 1.29 is 26.9 Å². The summed E-state index contributed by atoms with van der Waals surface area (Å²) in [5.74, 6) is -1.21. The molecule has 0 fully saturated rings. The number of hydrogen-bond acceptors (Lipinski definition) is 7. The summed E-state index contributed by atoms with van der Waals surface area (Å²) in [6.07, 6.45) is 0. The van der Waals surface area contributed by atoms with Gasteiger partial charge in [0.05, 0.1) is 35.7 Å². The average molecular weight is 716 g/mol. The number of nitrogens with zero attached hydrogens (tertiary/aromatic N) is 2. The Bertz CT molecular complexity index is 1400. The molecule has 0 bridgehead atoms. The lowest BCUT2D eigenvalue weighted by Gasteiger charge is -2.24. The van der Waals surface area contributed by atoms with Crippen molar-refractivity contribution in [3.63, 3.8) is 0 Å². The van der Waals surface area contributed by atoms with Crippen molar-refractivity contribution in [1.29, 1.82) is 5.26 Å². The standard InChI is InChI=1S/C24H18I2N2O6S/c1-33-24(30)17-8-10-20(11-9-17)35(31,32)34-15-22(29)28(19-6-2-4-16(12-19)13-27)14-18-5-3-7-21(25)23(18)26/h2-12H,14-15H2,1H3. The molecule has 0 unspecified atom stereocenters. The Hall–Kier alpha value is -2.54. The van der Waals surface area contributed by atoms with Gasteiger partial charge < -0.3 is 9.64 Å². The summed E-state index contributed by atoms with van der Waals surface area (Å²) in [6, 6.07) is 19.2. The summed E-state index contributed by atoms with van der Waals surface area (Å²) in [6.45, 7) is -0.599. The number of halogens is 2. The highest BCUT2D eigenvalue weighted by molar-refractivity contribution is 14.1. The van der Waals surface area contributed by atoms with Crippen LogP contribution in [-0.4, -0.2) is 34.0 Å². The number of benzene rings is 3. The van der Waals surface area contributed by atoms with Crippen LogP contribution >= 0.6 is 45.2 Å². The lowest BCUT2D eigenvalue weighted by molar-refractivity contribution is -0.120. The van der Waals surface area contributed by atoms with Gasteiger partial charge in [-0.25, -0.2) is 4.79 Å². The van der Waals surface area contributed by atoms with Gasteiger partial charge in [0.1, 0.15) is 6.61 Å². The Morgan fingerprint density at radius 3 is 2.37 bits per heavy atom. The first kappa shape index (κ1) is 27.1. The van der Waals surface area contributed by atoms with E-state index in [4.69, 9.17) is 4.18 Å². The zero-order valence-corrected chi connectivity index (χ0v) is 23.4. The zero-order valence-electron chi connectivity index (χ0n) is 18.3. The van der Waals surface area contributed by atoms with E-state index in [1.165, 1.54) is 36.3 Å². The van der Waals surface area contributed by atoms with Gasteiger partial charge in [0.2, 0.25) is 0 Å². The predicted molar refractivity (Wildman–Crippen MR) is 145 cm³/mol. The monoisotopic (exact) mass is 716 g/mol. The summed E-state index contributed by atoms with van der Waals surface area (Å²) in [5, 5.41) is 9.27. The van der Waals surface area contributed by atoms with E-state index in [0.717, 1.165) is 12.7 Å². The topological polar surface area (TPSA) is 114 Å². The molecule has 0 saturated carbocycles. The lowest BCUT2D eigenvalue weighted by atomic mass is 10.1. The highest BCUT2D eigenvalue weighted by Crippen LogP contribution is 2.25. The van der Waals surface area contributed by atoms with Crippen LogP contribution in [-0.2, 0) is 30.4 Å². The highest BCUT2D eigenvalue weighted by Gasteiger charge is 2.23. The van der Waals surface area contributed by atoms with Crippen molar-refractivity contribution in [3.8, 4) is 6.07 Å². The third-order valence-electron chi connectivity index (χ3n) is 4.85. The van der Waals surface area contributed by atoms with Gasteiger partial charge in [-0.15, -0.1) is 0 Å². The van der Waals surface area contributed by atoms with Crippen LogP contribution < -0.4 is 4.90 Å². The maximum atomic E-state index is 13.2. The van der Waals surface area contributed by atoms with Crippen LogP contribution in [0.25, 0.3) is 0 Å². The quantitative estimate of drug-likeness (QED) is 0.192. The summed E-state index contributed by atoms with van der Waals surface area (Å²) in [7, 11) is -3.06. The summed E-state index contributed by atoms with van der Waals surface area (Å²) in [5.41, 5.74) is 1.83. The maximum Gasteiger partial charge on any atom is 0.337 e. The van der Waals surface area contributed by atoms with Crippen molar-refractivity contribution >= 4 is 72.9 Å². The van der Waals surface area contributed by atoms with Crippen LogP contribution in [0.2, 0.25) is 0 Å². The molecule has 0 spiro atoms. The number of anilines is 1. The predicted octanol–water partition coefficient (Wildman–Crippen LogP) is 4.49. The molecule has 3 aromatic rings. The van der Waals surface area contributed by atoms with Gasteiger partial charge in [-0.05, 0) is 99.3 Å². The third-order valence-corrected chi connectivity index (χ3v) is 9.33. The number of methoxy groups -OCH3 is 1. The molecule has 1 amide bonds. The summed E-state index contributed by atoms with van der Waals surface area (Å²) in [4.78, 5) is 25.9. The average Bonchev–Trinajstić information content (AvgIpc) is 2.87. The largest absolute Gasteiger partial charge is 0.465 e. The van der Waals surface area contributed by atoms with Crippen LogP contribution in [0.5, 0.6) is 0 Å². The van der Waals surface area contributed by atoms with Gasteiger partial charge in [0.25, 0.3) is 16.0 Å². The molecular weight excluding hydrogens is 698 g/mol. The van der Waals surface area contributed by atoms with E-state index in [2.05, 4.69) is 49.9 Å². The lowest BCUT2D eigenvalue weighted by Crippen LogP contribution is -2.34. The Morgan fingerprint density at radius 2 is 1.71 bits per heavy atom. The van der Waals surface area contributed by atoms with Crippen LogP contribution in [0.4, 0.5) is 5.69 Å². The number of carbonyl (C=O) groups is 2. The van der Waals surface area contributed by atoms with Gasteiger partial charge >= 0.3 is 5.97 Å². The molecule has 0 heterocycles. The molecule has 0 radical (unpaired) electrons.